The fourth-order valence-electron chi connectivity index (χ4n) is 3.45. The fourth-order valence-corrected chi connectivity index (χ4v) is 3.79. The number of rotatable bonds is 18. The fraction of sp³-hybridized carbons (Fsp3) is 0.692. The predicted molar refractivity (Wildman–Crippen MR) is 131 cm³/mol. The molecule has 0 radical (unpaired) electrons. The largest absolute Gasteiger partial charge is 0.423 e. The summed E-state index contributed by atoms with van der Waals surface area (Å²) in [5, 5.41) is 0. The van der Waals surface area contributed by atoms with E-state index in [2.05, 4.69) is 29.8 Å². The Morgan fingerprint density at radius 1 is 0.645 bits per heavy atom. The highest BCUT2D eigenvalue weighted by molar-refractivity contribution is 9.10. The summed E-state index contributed by atoms with van der Waals surface area (Å²) in [6, 6.07) is 5.13. The molecule has 4 nitrogen and oxygen atoms in total. The van der Waals surface area contributed by atoms with Crippen LogP contribution in [0.3, 0.4) is 0 Å². The van der Waals surface area contributed by atoms with Gasteiger partial charge in [0.05, 0.1) is 0 Å². The lowest BCUT2D eigenvalue weighted by Gasteiger charge is -2.11. The zero-order valence-corrected chi connectivity index (χ0v) is 21.1. The smallest absolute Gasteiger partial charge is 0.311 e. The van der Waals surface area contributed by atoms with E-state index in [-0.39, 0.29) is 11.9 Å². The summed E-state index contributed by atoms with van der Waals surface area (Å²) < 4.78 is 11.8. The van der Waals surface area contributed by atoms with E-state index in [1.165, 1.54) is 51.4 Å². The molecule has 0 unspecified atom stereocenters. The van der Waals surface area contributed by atoms with Crippen molar-refractivity contribution in [2.24, 2.45) is 0 Å². The molecule has 0 spiro atoms. The molecule has 0 N–H and O–H groups in total. The van der Waals surface area contributed by atoms with E-state index < -0.39 is 0 Å². The van der Waals surface area contributed by atoms with Crippen LogP contribution in [0.1, 0.15) is 117 Å². The van der Waals surface area contributed by atoms with Crippen molar-refractivity contribution in [1.82, 2.24) is 0 Å². The van der Waals surface area contributed by atoms with Crippen LogP contribution in [0.5, 0.6) is 11.5 Å². The van der Waals surface area contributed by atoms with E-state index in [4.69, 9.17) is 9.47 Å². The van der Waals surface area contributed by atoms with Crippen molar-refractivity contribution in [3.8, 4) is 11.5 Å². The van der Waals surface area contributed by atoms with E-state index >= 15 is 0 Å². The van der Waals surface area contributed by atoms with Gasteiger partial charge in [-0.3, -0.25) is 9.59 Å². The molecule has 0 saturated heterocycles. The minimum absolute atomic E-state index is 0.278. The Kier molecular flexibility index (Phi) is 16.3. The minimum Gasteiger partial charge on any atom is -0.423 e. The van der Waals surface area contributed by atoms with E-state index in [1.807, 2.05) is 0 Å². The van der Waals surface area contributed by atoms with Crippen LogP contribution >= 0.6 is 15.9 Å². The Hall–Kier alpha value is -1.36. The first-order valence-electron chi connectivity index (χ1n) is 12.3. The lowest BCUT2D eigenvalue weighted by molar-refractivity contribution is -0.137. The zero-order valence-electron chi connectivity index (χ0n) is 19.6. The molecule has 1 aromatic rings. The molecule has 0 aromatic heterocycles. The van der Waals surface area contributed by atoms with Crippen LogP contribution in [-0.2, 0) is 9.59 Å². The molecular weight excluding hydrogens is 456 g/mol. The first-order chi connectivity index (χ1) is 15.1. The van der Waals surface area contributed by atoms with Crippen LogP contribution in [0.4, 0.5) is 0 Å². The van der Waals surface area contributed by atoms with Crippen molar-refractivity contribution in [1.29, 1.82) is 0 Å². The molecule has 0 fully saturated rings. The summed E-state index contributed by atoms with van der Waals surface area (Å²) in [6.07, 6.45) is 16.9. The second-order valence-corrected chi connectivity index (χ2v) is 9.20. The van der Waals surface area contributed by atoms with Crippen LogP contribution in [0.25, 0.3) is 0 Å². The third-order valence-corrected chi connectivity index (χ3v) is 5.82. The lowest BCUT2D eigenvalue weighted by Crippen LogP contribution is -2.12. The Bertz CT molecular complexity index is 630. The van der Waals surface area contributed by atoms with Gasteiger partial charge in [-0.15, -0.1) is 0 Å². The standard InChI is InChI=1S/C26H41BrO4/c1-3-5-7-9-11-13-15-17-25(28)30-23-20-19-22(27)21-24(23)31-26(29)18-16-14-12-10-8-6-4-2/h19-21H,3-18H2,1-2H3. The van der Waals surface area contributed by atoms with Gasteiger partial charge in [0.2, 0.25) is 0 Å². The number of ether oxygens (including phenoxy) is 2. The molecule has 176 valence electrons. The van der Waals surface area contributed by atoms with Gasteiger partial charge in [-0.1, -0.05) is 107 Å². The number of hydrogen-bond acceptors (Lipinski definition) is 4. The summed E-state index contributed by atoms with van der Waals surface area (Å²) in [5.74, 6) is 0.0515. The summed E-state index contributed by atoms with van der Waals surface area (Å²) >= 11 is 3.39. The highest BCUT2D eigenvalue weighted by Gasteiger charge is 2.14. The van der Waals surface area contributed by atoms with Gasteiger partial charge in [0.1, 0.15) is 0 Å². The van der Waals surface area contributed by atoms with Gasteiger partial charge in [0.25, 0.3) is 0 Å². The van der Waals surface area contributed by atoms with E-state index in [9.17, 15) is 9.59 Å². The van der Waals surface area contributed by atoms with Gasteiger partial charge in [0, 0.05) is 17.3 Å². The maximum Gasteiger partial charge on any atom is 0.311 e. The summed E-state index contributed by atoms with van der Waals surface area (Å²) in [5.41, 5.74) is 0. The summed E-state index contributed by atoms with van der Waals surface area (Å²) in [4.78, 5) is 24.5. The second kappa shape index (κ2) is 18.2. The molecule has 5 heteroatoms. The molecular formula is C26H41BrO4. The first kappa shape index (κ1) is 27.7. The number of esters is 2. The molecule has 0 heterocycles. The predicted octanol–water partition coefficient (Wildman–Crippen LogP) is 8.54. The van der Waals surface area contributed by atoms with Crippen LogP contribution in [-0.4, -0.2) is 11.9 Å². The maximum atomic E-state index is 12.2. The number of unbranched alkanes of at least 4 members (excludes halogenated alkanes) is 12. The molecule has 0 atom stereocenters. The van der Waals surface area contributed by atoms with Gasteiger partial charge in [-0.2, -0.15) is 0 Å². The van der Waals surface area contributed by atoms with Crippen LogP contribution in [0, 0.1) is 0 Å². The van der Waals surface area contributed by atoms with Gasteiger partial charge in [0.15, 0.2) is 11.5 Å². The van der Waals surface area contributed by atoms with Gasteiger partial charge in [-0.05, 0) is 31.0 Å². The first-order valence-corrected chi connectivity index (χ1v) is 13.1. The molecule has 1 rings (SSSR count). The van der Waals surface area contributed by atoms with Gasteiger partial charge in [-0.25, -0.2) is 0 Å². The summed E-state index contributed by atoms with van der Waals surface area (Å²) in [7, 11) is 0. The van der Waals surface area contributed by atoms with Crippen molar-refractivity contribution in [2.45, 2.75) is 117 Å². The Labute approximate surface area is 197 Å². The number of halogens is 1. The van der Waals surface area contributed by atoms with Gasteiger partial charge < -0.3 is 9.47 Å². The summed E-state index contributed by atoms with van der Waals surface area (Å²) in [6.45, 7) is 4.42. The molecule has 0 saturated carbocycles. The molecule has 0 amide bonds. The Morgan fingerprint density at radius 2 is 1.06 bits per heavy atom. The second-order valence-electron chi connectivity index (χ2n) is 8.28. The van der Waals surface area contributed by atoms with E-state index in [0.717, 1.165) is 43.0 Å². The number of hydrogen-bond donors (Lipinski definition) is 0. The zero-order chi connectivity index (χ0) is 22.7. The van der Waals surface area contributed by atoms with Crippen LogP contribution in [0.2, 0.25) is 0 Å². The highest BCUT2D eigenvalue weighted by atomic mass is 79.9. The van der Waals surface area contributed by atoms with Gasteiger partial charge >= 0.3 is 11.9 Å². The van der Waals surface area contributed by atoms with Crippen molar-refractivity contribution in [3.05, 3.63) is 22.7 Å². The maximum absolute atomic E-state index is 12.2. The molecule has 0 bridgehead atoms. The average Bonchev–Trinajstić information content (AvgIpc) is 2.74. The average molecular weight is 498 g/mol. The van der Waals surface area contributed by atoms with Crippen molar-refractivity contribution < 1.29 is 19.1 Å². The minimum atomic E-state index is -0.281. The Morgan fingerprint density at radius 3 is 1.55 bits per heavy atom. The lowest BCUT2D eigenvalue weighted by atomic mass is 10.1. The third kappa shape index (κ3) is 14.3. The topological polar surface area (TPSA) is 52.6 Å². The molecule has 31 heavy (non-hydrogen) atoms. The molecule has 0 aliphatic heterocycles. The van der Waals surface area contributed by atoms with Crippen molar-refractivity contribution in [2.75, 3.05) is 0 Å². The number of carbonyl (C=O) groups excluding carboxylic acids is 2. The van der Waals surface area contributed by atoms with E-state index in [0.29, 0.717) is 24.3 Å². The third-order valence-electron chi connectivity index (χ3n) is 5.32. The normalized spacial score (nSPS) is 10.8. The number of benzene rings is 1. The molecule has 1 aromatic carbocycles. The van der Waals surface area contributed by atoms with Crippen molar-refractivity contribution >= 4 is 27.9 Å². The SMILES string of the molecule is CCCCCCCCCC(=O)Oc1ccc(Br)cc1OC(=O)CCCCCCCCC. The Balaban J connectivity index is 2.36. The molecule has 0 aliphatic rings. The van der Waals surface area contributed by atoms with Crippen molar-refractivity contribution in [3.63, 3.8) is 0 Å². The van der Waals surface area contributed by atoms with E-state index in [1.54, 1.807) is 18.2 Å². The highest BCUT2D eigenvalue weighted by Crippen LogP contribution is 2.31. The number of carbonyl (C=O) groups is 2. The van der Waals surface area contributed by atoms with Crippen LogP contribution < -0.4 is 9.47 Å². The molecule has 0 aliphatic carbocycles. The quantitative estimate of drug-likeness (QED) is 0.116. The van der Waals surface area contributed by atoms with Crippen LogP contribution in [0.15, 0.2) is 22.7 Å². The monoisotopic (exact) mass is 496 g/mol.